The van der Waals surface area contributed by atoms with Crippen LogP contribution in [-0.2, 0) is 0 Å². The smallest absolute Gasteiger partial charge is 0.270 e. The maximum Gasteiger partial charge on any atom is 0.270 e. The molecular formula is C24H32N8O. The van der Waals surface area contributed by atoms with Crippen molar-refractivity contribution < 1.29 is 4.79 Å². The number of fused-ring (bicyclic) bond motifs is 1. The zero-order valence-corrected chi connectivity index (χ0v) is 19.6. The number of pyridine rings is 1. The molecule has 1 saturated carbocycles. The Balaban J connectivity index is 1.42. The molecule has 1 aliphatic carbocycles. The monoisotopic (exact) mass is 448 g/mol. The summed E-state index contributed by atoms with van der Waals surface area (Å²) in [6, 6.07) is 6.73. The zero-order valence-electron chi connectivity index (χ0n) is 19.6. The Labute approximate surface area is 194 Å². The summed E-state index contributed by atoms with van der Waals surface area (Å²) < 4.78 is 2.12. The third kappa shape index (κ3) is 4.37. The number of piperazine rings is 1. The van der Waals surface area contributed by atoms with Crippen molar-refractivity contribution in [3.8, 4) is 0 Å². The molecular weight excluding hydrogens is 416 g/mol. The number of carbonyl (C=O) groups is 1. The topological polar surface area (TPSA) is 91.2 Å². The van der Waals surface area contributed by atoms with Crippen LogP contribution in [0.5, 0.6) is 0 Å². The molecule has 0 aromatic carbocycles. The summed E-state index contributed by atoms with van der Waals surface area (Å²) in [5.74, 6) is 1.18. The summed E-state index contributed by atoms with van der Waals surface area (Å²) in [5.41, 5.74) is 2.60. The summed E-state index contributed by atoms with van der Waals surface area (Å²) in [7, 11) is 3.57. The van der Waals surface area contributed by atoms with E-state index in [1.54, 1.807) is 25.2 Å². The minimum Gasteiger partial charge on any atom is -0.367 e. The first-order valence-electron chi connectivity index (χ1n) is 11.8. The van der Waals surface area contributed by atoms with Crippen molar-refractivity contribution in [3.63, 3.8) is 0 Å². The van der Waals surface area contributed by atoms with Crippen LogP contribution in [0.4, 0.5) is 17.5 Å². The molecule has 1 aliphatic heterocycles. The lowest BCUT2D eigenvalue weighted by Gasteiger charge is -2.33. The van der Waals surface area contributed by atoms with Gasteiger partial charge < -0.3 is 25.0 Å². The van der Waals surface area contributed by atoms with Gasteiger partial charge in [-0.15, -0.1) is 0 Å². The molecule has 5 rings (SSSR count). The van der Waals surface area contributed by atoms with Crippen LogP contribution in [0.1, 0.15) is 49.1 Å². The van der Waals surface area contributed by atoms with Crippen molar-refractivity contribution >= 4 is 34.4 Å². The largest absolute Gasteiger partial charge is 0.367 e. The highest BCUT2D eigenvalue weighted by Gasteiger charge is 2.26. The highest BCUT2D eigenvalue weighted by atomic mass is 16.2. The number of hydrogen-bond donors (Lipinski definition) is 2. The van der Waals surface area contributed by atoms with Gasteiger partial charge in [0.1, 0.15) is 17.2 Å². The van der Waals surface area contributed by atoms with Gasteiger partial charge in [-0.05, 0) is 38.0 Å². The standard InChI is InChI=1S/C24H32N8O/c1-16-15-31(11-10-25-16)19-8-9-21(26-14-19)28-24-27-13-17-12-20(23(33)30(2)3)32(22(17)29-24)18-6-4-5-7-18/h8-9,12-14,16,18,25H,4-7,10-11,15H2,1-3H3,(H,26,27,28,29)/t16-/m0/s1. The Morgan fingerprint density at radius 2 is 2.00 bits per heavy atom. The minimum absolute atomic E-state index is 0.00565. The average Bonchev–Trinajstić information content (AvgIpc) is 3.46. The van der Waals surface area contributed by atoms with Gasteiger partial charge in [-0.25, -0.2) is 9.97 Å². The van der Waals surface area contributed by atoms with E-state index in [0.717, 1.165) is 49.2 Å². The first-order chi connectivity index (χ1) is 16.0. The summed E-state index contributed by atoms with van der Waals surface area (Å²) in [6.45, 7) is 5.13. The van der Waals surface area contributed by atoms with E-state index in [1.807, 2.05) is 18.3 Å². The third-order valence-corrected chi connectivity index (χ3v) is 6.61. The van der Waals surface area contributed by atoms with Crippen molar-refractivity contribution in [2.75, 3.05) is 43.9 Å². The van der Waals surface area contributed by atoms with Crippen molar-refractivity contribution in [1.82, 2.24) is 29.7 Å². The van der Waals surface area contributed by atoms with Crippen molar-refractivity contribution in [1.29, 1.82) is 0 Å². The Hall–Kier alpha value is -3.20. The molecule has 0 unspecified atom stereocenters. The van der Waals surface area contributed by atoms with Gasteiger partial charge in [0.2, 0.25) is 5.95 Å². The summed E-state index contributed by atoms with van der Waals surface area (Å²) >= 11 is 0. The van der Waals surface area contributed by atoms with Crippen LogP contribution in [0, 0.1) is 0 Å². The van der Waals surface area contributed by atoms with Crippen LogP contribution in [0.15, 0.2) is 30.6 Å². The lowest BCUT2D eigenvalue weighted by atomic mass is 10.2. The van der Waals surface area contributed by atoms with Crippen molar-refractivity contribution in [2.45, 2.75) is 44.7 Å². The number of nitrogens with zero attached hydrogens (tertiary/aromatic N) is 6. The normalized spacial score (nSPS) is 19.2. The van der Waals surface area contributed by atoms with Crippen LogP contribution < -0.4 is 15.5 Å². The molecule has 1 saturated heterocycles. The van der Waals surface area contributed by atoms with Gasteiger partial charge in [0.05, 0.1) is 11.9 Å². The van der Waals surface area contributed by atoms with E-state index in [1.165, 1.54) is 12.8 Å². The summed E-state index contributed by atoms with van der Waals surface area (Å²) in [4.78, 5) is 30.7. The number of nitrogens with one attached hydrogen (secondary N) is 2. The van der Waals surface area contributed by atoms with Crippen LogP contribution in [-0.4, -0.2) is 70.1 Å². The molecule has 0 bridgehead atoms. The zero-order chi connectivity index (χ0) is 22.9. The molecule has 3 aromatic heterocycles. The maximum absolute atomic E-state index is 12.9. The third-order valence-electron chi connectivity index (χ3n) is 6.61. The molecule has 2 N–H and O–H groups in total. The quantitative estimate of drug-likeness (QED) is 0.619. The predicted octanol–water partition coefficient (Wildman–Crippen LogP) is 3.18. The van der Waals surface area contributed by atoms with Crippen LogP contribution >= 0.6 is 0 Å². The Morgan fingerprint density at radius 1 is 1.18 bits per heavy atom. The molecule has 1 atom stereocenters. The van der Waals surface area contributed by atoms with Crippen molar-refractivity contribution in [3.05, 3.63) is 36.3 Å². The first kappa shape index (κ1) is 21.6. The molecule has 2 aliphatic rings. The van der Waals surface area contributed by atoms with Gasteiger partial charge in [-0.3, -0.25) is 4.79 Å². The highest BCUT2D eigenvalue weighted by Crippen LogP contribution is 2.35. The molecule has 174 valence electrons. The average molecular weight is 449 g/mol. The Morgan fingerprint density at radius 3 is 2.70 bits per heavy atom. The second kappa shape index (κ2) is 8.97. The Kier molecular flexibility index (Phi) is 5.88. The van der Waals surface area contributed by atoms with E-state index in [-0.39, 0.29) is 5.91 Å². The van der Waals surface area contributed by atoms with E-state index in [9.17, 15) is 4.79 Å². The lowest BCUT2D eigenvalue weighted by molar-refractivity contribution is 0.0815. The van der Waals surface area contributed by atoms with E-state index in [2.05, 4.69) is 43.1 Å². The van der Waals surface area contributed by atoms with Gasteiger partial charge in [-0.2, -0.15) is 4.98 Å². The molecule has 0 radical (unpaired) electrons. The maximum atomic E-state index is 12.9. The number of amides is 1. The molecule has 9 heteroatoms. The molecule has 33 heavy (non-hydrogen) atoms. The van der Waals surface area contributed by atoms with E-state index in [4.69, 9.17) is 4.98 Å². The van der Waals surface area contributed by atoms with Crippen LogP contribution in [0.3, 0.4) is 0 Å². The van der Waals surface area contributed by atoms with Gasteiger partial charge in [0, 0.05) is 57.4 Å². The second-order valence-electron chi connectivity index (χ2n) is 9.34. The van der Waals surface area contributed by atoms with E-state index in [0.29, 0.717) is 29.5 Å². The highest BCUT2D eigenvalue weighted by molar-refractivity contribution is 5.97. The van der Waals surface area contributed by atoms with E-state index >= 15 is 0 Å². The molecule has 0 spiro atoms. The molecule has 3 aromatic rings. The predicted molar refractivity (Wildman–Crippen MR) is 130 cm³/mol. The second-order valence-corrected chi connectivity index (χ2v) is 9.34. The van der Waals surface area contributed by atoms with Gasteiger partial charge in [-0.1, -0.05) is 12.8 Å². The molecule has 2 fully saturated rings. The fourth-order valence-corrected chi connectivity index (χ4v) is 4.92. The van der Waals surface area contributed by atoms with Gasteiger partial charge in [0.25, 0.3) is 5.91 Å². The fraction of sp³-hybridized carbons (Fsp3) is 0.500. The number of anilines is 3. The van der Waals surface area contributed by atoms with Gasteiger partial charge >= 0.3 is 0 Å². The number of hydrogen-bond acceptors (Lipinski definition) is 7. The summed E-state index contributed by atoms with van der Waals surface area (Å²) in [6.07, 6.45) is 8.18. The molecule has 9 nitrogen and oxygen atoms in total. The number of rotatable bonds is 5. The van der Waals surface area contributed by atoms with E-state index < -0.39 is 0 Å². The Bertz CT molecular complexity index is 1130. The molecule has 4 heterocycles. The minimum atomic E-state index is -0.00565. The number of carbonyl (C=O) groups excluding carboxylic acids is 1. The summed E-state index contributed by atoms with van der Waals surface area (Å²) in [5, 5.41) is 7.59. The van der Waals surface area contributed by atoms with Crippen molar-refractivity contribution in [2.24, 2.45) is 0 Å². The fourth-order valence-electron chi connectivity index (χ4n) is 4.92. The van der Waals surface area contributed by atoms with Crippen LogP contribution in [0.25, 0.3) is 11.0 Å². The number of aromatic nitrogens is 4. The molecule has 1 amide bonds. The SMILES string of the molecule is C[C@H]1CN(c2ccc(Nc3ncc4cc(C(=O)N(C)C)n(C5CCCC5)c4n3)nc2)CCN1. The lowest BCUT2D eigenvalue weighted by Crippen LogP contribution is -2.49. The van der Waals surface area contributed by atoms with Crippen LogP contribution in [0.2, 0.25) is 0 Å². The first-order valence-corrected chi connectivity index (χ1v) is 11.8. The van der Waals surface area contributed by atoms with Gasteiger partial charge in [0.15, 0.2) is 0 Å².